The molecule has 0 unspecified atom stereocenters. The third-order valence-electron chi connectivity index (χ3n) is 2.36. The van der Waals surface area contributed by atoms with E-state index < -0.39 is 5.51 Å². The van der Waals surface area contributed by atoms with Crippen LogP contribution in [0.3, 0.4) is 0 Å². The Bertz CT molecular complexity index is 710. The Kier molecular flexibility index (Phi) is 4.04. The molecule has 3 nitrogen and oxygen atoms in total. The Morgan fingerprint density at radius 1 is 1.50 bits per heavy atom. The van der Waals surface area contributed by atoms with Crippen molar-refractivity contribution in [2.24, 2.45) is 0 Å². The van der Waals surface area contributed by atoms with E-state index in [0.717, 1.165) is 6.20 Å². The number of hydrogen-bond acceptors (Lipinski definition) is 3. The van der Waals surface area contributed by atoms with Gasteiger partial charge in [0.05, 0.1) is 11.8 Å². The van der Waals surface area contributed by atoms with Crippen molar-refractivity contribution < 1.29 is 18.0 Å². The number of carbonyl (C=O) groups is 1. The van der Waals surface area contributed by atoms with Crippen molar-refractivity contribution in [1.82, 2.24) is 9.38 Å². The predicted octanol–water partition coefficient (Wildman–Crippen LogP) is 3.52. The van der Waals surface area contributed by atoms with E-state index >= 15 is 0 Å². The average molecular weight is 298 g/mol. The number of nitrogens with zero attached hydrogens (tertiary/aromatic N) is 2. The van der Waals surface area contributed by atoms with Crippen molar-refractivity contribution in [2.45, 2.75) is 23.9 Å². The van der Waals surface area contributed by atoms with Crippen LogP contribution in [0, 0.1) is 11.8 Å². The molecule has 0 saturated carbocycles. The van der Waals surface area contributed by atoms with E-state index in [1.807, 2.05) is 6.92 Å². The fraction of sp³-hybridized carbons (Fsp3) is 0.231. The molecule has 0 fully saturated rings. The second-order valence-electron chi connectivity index (χ2n) is 3.80. The summed E-state index contributed by atoms with van der Waals surface area (Å²) in [7, 11) is 0. The molecule has 0 aliphatic rings. The first kappa shape index (κ1) is 14.5. The molecule has 0 atom stereocenters. The van der Waals surface area contributed by atoms with Gasteiger partial charge in [-0.1, -0.05) is 18.8 Å². The lowest BCUT2D eigenvalue weighted by atomic mass is 10.2. The monoisotopic (exact) mass is 298 g/mol. The van der Waals surface area contributed by atoms with Gasteiger partial charge in [0, 0.05) is 29.9 Å². The summed E-state index contributed by atoms with van der Waals surface area (Å²) in [5.41, 5.74) is -3.54. The minimum Gasteiger partial charge on any atom is -0.298 e. The van der Waals surface area contributed by atoms with Crippen molar-refractivity contribution in [2.75, 3.05) is 0 Å². The molecule has 0 aliphatic heterocycles. The number of aromatic nitrogens is 2. The van der Waals surface area contributed by atoms with Gasteiger partial charge in [0.2, 0.25) is 0 Å². The maximum atomic E-state index is 12.5. The highest BCUT2D eigenvalue weighted by atomic mass is 32.2. The van der Waals surface area contributed by atoms with Crippen LogP contribution in [0.5, 0.6) is 0 Å². The summed E-state index contributed by atoms with van der Waals surface area (Å²) in [5.74, 6) is 5.60. The molecule has 0 saturated heterocycles. The smallest absolute Gasteiger partial charge is 0.298 e. The third kappa shape index (κ3) is 3.14. The Balaban J connectivity index is 2.60. The van der Waals surface area contributed by atoms with Crippen LogP contribution < -0.4 is 0 Å². The van der Waals surface area contributed by atoms with Gasteiger partial charge in [0.25, 0.3) is 0 Å². The first-order valence-corrected chi connectivity index (χ1v) is 6.47. The topological polar surface area (TPSA) is 34.4 Å². The number of rotatable bonds is 2. The van der Waals surface area contributed by atoms with Crippen LogP contribution in [-0.2, 0) is 0 Å². The number of thioether (sulfide) groups is 1. The Labute approximate surface area is 117 Å². The van der Waals surface area contributed by atoms with Crippen LogP contribution in [0.25, 0.3) is 5.65 Å². The molecule has 2 aromatic rings. The molecule has 104 valence electrons. The lowest BCUT2D eigenvalue weighted by molar-refractivity contribution is -0.0329. The molecule has 0 aliphatic carbocycles. The summed E-state index contributed by atoms with van der Waals surface area (Å²) in [6.45, 7) is 1.86. The number of carbonyl (C=O) groups excluding carboxylic acids is 1. The standard InChI is InChI=1S/C13H9F3N2OS/c1-2-3-4-9-5-10(8-19)12-17-6-11(18(12)7-9)20-13(14,15)16/h5-8H,2H2,1H3. The lowest BCUT2D eigenvalue weighted by Gasteiger charge is -2.06. The summed E-state index contributed by atoms with van der Waals surface area (Å²) in [4.78, 5) is 14.9. The molecule has 0 amide bonds. The van der Waals surface area contributed by atoms with Crippen molar-refractivity contribution in [3.63, 3.8) is 0 Å². The van der Waals surface area contributed by atoms with Crippen molar-refractivity contribution >= 4 is 23.7 Å². The summed E-state index contributed by atoms with van der Waals surface area (Å²) in [5, 5.41) is -0.101. The molecule has 0 aromatic carbocycles. The number of pyridine rings is 1. The van der Waals surface area contributed by atoms with E-state index in [0.29, 0.717) is 18.3 Å². The Morgan fingerprint density at radius 2 is 2.25 bits per heavy atom. The summed E-state index contributed by atoms with van der Waals surface area (Å²) in [6, 6.07) is 1.51. The predicted molar refractivity (Wildman–Crippen MR) is 69.7 cm³/mol. The largest absolute Gasteiger partial charge is 0.447 e. The van der Waals surface area contributed by atoms with Crippen LogP contribution in [0.1, 0.15) is 29.3 Å². The molecule has 7 heteroatoms. The third-order valence-corrected chi connectivity index (χ3v) is 3.10. The van der Waals surface area contributed by atoms with E-state index in [1.54, 1.807) is 0 Å². The minimum absolute atomic E-state index is 0.101. The van der Waals surface area contributed by atoms with Crippen LogP contribution in [-0.4, -0.2) is 21.2 Å². The highest BCUT2D eigenvalue weighted by Gasteiger charge is 2.31. The van der Waals surface area contributed by atoms with Crippen LogP contribution in [0.4, 0.5) is 13.2 Å². The number of fused-ring (bicyclic) bond motifs is 1. The fourth-order valence-electron chi connectivity index (χ4n) is 1.63. The molecule has 0 bridgehead atoms. The van der Waals surface area contributed by atoms with Gasteiger partial charge in [-0.2, -0.15) is 13.2 Å². The zero-order chi connectivity index (χ0) is 14.8. The number of alkyl halides is 3. The van der Waals surface area contributed by atoms with Crippen molar-refractivity contribution in [3.8, 4) is 11.8 Å². The van der Waals surface area contributed by atoms with Gasteiger partial charge in [0.1, 0.15) is 10.7 Å². The maximum Gasteiger partial charge on any atom is 0.447 e. The van der Waals surface area contributed by atoms with E-state index in [-0.39, 0.29) is 28.0 Å². The Hall–Kier alpha value is -1.94. The number of aldehydes is 1. The highest BCUT2D eigenvalue weighted by molar-refractivity contribution is 8.00. The van der Waals surface area contributed by atoms with E-state index in [2.05, 4.69) is 16.8 Å². The minimum atomic E-state index is -4.41. The SMILES string of the molecule is CCC#Cc1cc(C=O)c2ncc(SC(F)(F)F)n2c1. The van der Waals surface area contributed by atoms with Crippen LogP contribution in [0.15, 0.2) is 23.5 Å². The van der Waals surface area contributed by atoms with Crippen LogP contribution >= 0.6 is 11.8 Å². The van der Waals surface area contributed by atoms with Gasteiger partial charge in [-0.3, -0.25) is 9.20 Å². The summed E-state index contributed by atoms with van der Waals surface area (Å²) < 4.78 is 38.6. The van der Waals surface area contributed by atoms with Gasteiger partial charge in [-0.05, 0) is 6.07 Å². The fourth-order valence-corrected chi connectivity index (χ4v) is 2.21. The molecule has 2 aromatic heterocycles. The maximum absolute atomic E-state index is 12.5. The number of halogens is 3. The normalized spacial score (nSPS) is 11.2. The molecule has 2 rings (SSSR count). The van der Waals surface area contributed by atoms with Gasteiger partial charge in [-0.15, -0.1) is 0 Å². The second-order valence-corrected chi connectivity index (χ2v) is 4.88. The molecule has 20 heavy (non-hydrogen) atoms. The van der Waals surface area contributed by atoms with Gasteiger partial charge < -0.3 is 0 Å². The van der Waals surface area contributed by atoms with Crippen molar-refractivity contribution in [1.29, 1.82) is 0 Å². The summed E-state index contributed by atoms with van der Waals surface area (Å²) in [6.07, 6.45) is 3.72. The zero-order valence-corrected chi connectivity index (χ0v) is 11.2. The van der Waals surface area contributed by atoms with E-state index in [1.165, 1.54) is 16.7 Å². The molecular weight excluding hydrogens is 289 g/mol. The number of hydrogen-bond donors (Lipinski definition) is 0. The average Bonchev–Trinajstić information content (AvgIpc) is 2.76. The van der Waals surface area contributed by atoms with E-state index in [9.17, 15) is 18.0 Å². The number of imidazole rings is 1. The lowest BCUT2D eigenvalue weighted by Crippen LogP contribution is -2.02. The van der Waals surface area contributed by atoms with Gasteiger partial charge in [-0.25, -0.2) is 4.98 Å². The first-order valence-electron chi connectivity index (χ1n) is 5.65. The van der Waals surface area contributed by atoms with Gasteiger partial charge >= 0.3 is 5.51 Å². The van der Waals surface area contributed by atoms with Crippen LogP contribution in [0.2, 0.25) is 0 Å². The van der Waals surface area contributed by atoms with E-state index in [4.69, 9.17) is 0 Å². The van der Waals surface area contributed by atoms with Gasteiger partial charge in [0.15, 0.2) is 6.29 Å². The first-order chi connectivity index (χ1) is 9.44. The molecule has 2 heterocycles. The molecule has 0 N–H and O–H groups in total. The highest BCUT2D eigenvalue weighted by Crippen LogP contribution is 2.37. The Morgan fingerprint density at radius 3 is 2.85 bits per heavy atom. The molecular formula is C13H9F3N2OS. The second kappa shape index (κ2) is 5.59. The molecule has 0 spiro atoms. The quantitative estimate of drug-likeness (QED) is 0.483. The van der Waals surface area contributed by atoms with Crippen molar-refractivity contribution in [3.05, 3.63) is 29.6 Å². The summed E-state index contributed by atoms with van der Waals surface area (Å²) >= 11 is -0.275. The molecule has 0 radical (unpaired) electrons. The zero-order valence-electron chi connectivity index (χ0n) is 10.4.